The predicted molar refractivity (Wildman–Crippen MR) is 108 cm³/mol. The van der Waals surface area contributed by atoms with Crippen molar-refractivity contribution in [2.75, 3.05) is 24.5 Å². The number of aliphatic hydroxyl groups excluding tert-OH is 1. The van der Waals surface area contributed by atoms with Crippen LogP contribution >= 0.6 is 0 Å². The minimum atomic E-state index is -3.59. The summed E-state index contributed by atoms with van der Waals surface area (Å²) < 4.78 is 27.0. The number of hydrogen-bond donors (Lipinski definition) is 2. The molecular formula is C20H23N3O3S. The van der Waals surface area contributed by atoms with E-state index in [0.29, 0.717) is 24.4 Å². The number of nitrogens with one attached hydrogen (secondary N) is 1. The van der Waals surface area contributed by atoms with Crippen molar-refractivity contribution in [1.29, 1.82) is 5.41 Å². The number of aliphatic hydroxyl groups is 1. The number of rotatable bonds is 6. The molecule has 142 valence electrons. The fourth-order valence-electron chi connectivity index (χ4n) is 3.23. The van der Waals surface area contributed by atoms with Gasteiger partial charge in [0.15, 0.2) is 0 Å². The first-order chi connectivity index (χ1) is 12.9. The van der Waals surface area contributed by atoms with Crippen molar-refractivity contribution in [3.8, 4) is 0 Å². The minimum Gasteiger partial charge on any atom is -0.510 e. The molecule has 0 radical (unpaired) electrons. The van der Waals surface area contributed by atoms with Gasteiger partial charge in [-0.3, -0.25) is 5.41 Å². The molecule has 0 bridgehead atoms. The first kappa shape index (κ1) is 19.1. The lowest BCUT2D eigenvalue weighted by Gasteiger charge is -2.22. The zero-order chi connectivity index (χ0) is 19.6. The number of amidine groups is 1. The van der Waals surface area contributed by atoms with Gasteiger partial charge in [0, 0.05) is 18.8 Å². The molecule has 2 N–H and O–H groups in total. The van der Waals surface area contributed by atoms with Gasteiger partial charge in [0.2, 0.25) is 10.0 Å². The van der Waals surface area contributed by atoms with E-state index < -0.39 is 10.0 Å². The van der Waals surface area contributed by atoms with Crippen molar-refractivity contribution in [3.05, 3.63) is 65.9 Å². The van der Waals surface area contributed by atoms with Crippen LogP contribution in [0, 0.1) is 5.41 Å². The van der Waals surface area contributed by atoms with Gasteiger partial charge >= 0.3 is 0 Å². The van der Waals surface area contributed by atoms with Crippen molar-refractivity contribution < 1.29 is 13.5 Å². The highest BCUT2D eigenvalue weighted by molar-refractivity contribution is 7.89. The SMILES string of the molecule is CCN(CC)S(=O)(=O)c1cccc(N2CC(O)=C(c3ccccc3)C2=N)c1. The van der Waals surface area contributed by atoms with E-state index in [1.54, 1.807) is 43.0 Å². The second-order valence-electron chi connectivity index (χ2n) is 6.21. The molecule has 1 heterocycles. The third-order valence-corrected chi connectivity index (χ3v) is 6.68. The Morgan fingerprint density at radius 2 is 1.74 bits per heavy atom. The monoisotopic (exact) mass is 385 g/mol. The summed E-state index contributed by atoms with van der Waals surface area (Å²) in [7, 11) is -3.59. The van der Waals surface area contributed by atoms with Gasteiger partial charge in [0.1, 0.15) is 11.6 Å². The van der Waals surface area contributed by atoms with Crippen LogP contribution in [0.4, 0.5) is 5.69 Å². The van der Waals surface area contributed by atoms with E-state index in [9.17, 15) is 13.5 Å². The zero-order valence-corrected chi connectivity index (χ0v) is 16.2. The molecule has 6 nitrogen and oxygen atoms in total. The van der Waals surface area contributed by atoms with Gasteiger partial charge in [-0.25, -0.2) is 8.42 Å². The number of hydrogen-bond acceptors (Lipinski definition) is 4. The molecule has 0 atom stereocenters. The minimum absolute atomic E-state index is 0.100. The smallest absolute Gasteiger partial charge is 0.243 e. The molecule has 0 spiro atoms. The van der Waals surface area contributed by atoms with Crippen LogP contribution in [0.5, 0.6) is 0 Å². The van der Waals surface area contributed by atoms with E-state index >= 15 is 0 Å². The third-order valence-electron chi connectivity index (χ3n) is 4.64. The summed E-state index contributed by atoms with van der Waals surface area (Å²) in [5.74, 6) is 0.249. The average molecular weight is 385 g/mol. The molecule has 3 rings (SSSR count). The Morgan fingerprint density at radius 3 is 2.37 bits per heavy atom. The molecule has 0 unspecified atom stereocenters. The summed E-state index contributed by atoms with van der Waals surface area (Å²) in [6.45, 7) is 4.52. The Morgan fingerprint density at radius 1 is 1.07 bits per heavy atom. The normalized spacial score (nSPS) is 15.1. The Hall–Kier alpha value is -2.64. The van der Waals surface area contributed by atoms with Crippen LogP contribution in [0.1, 0.15) is 19.4 Å². The Bertz CT molecular complexity index is 981. The summed E-state index contributed by atoms with van der Waals surface area (Å²) in [6.07, 6.45) is 0. The molecule has 0 aromatic heterocycles. The van der Waals surface area contributed by atoms with Crippen molar-refractivity contribution in [2.24, 2.45) is 0 Å². The quantitative estimate of drug-likeness (QED) is 0.797. The van der Waals surface area contributed by atoms with Crippen LogP contribution in [-0.2, 0) is 10.0 Å². The highest BCUT2D eigenvalue weighted by Crippen LogP contribution is 2.32. The van der Waals surface area contributed by atoms with Crippen LogP contribution in [0.2, 0.25) is 0 Å². The van der Waals surface area contributed by atoms with Crippen molar-refractivity contribution in [1.82, 2.24) is 4.31 Å². The second-order valence-corrected chi connectivity index (χ2v) is 8.15. The Balaban J connectivity index is 1.95. The molecule has 27 heavy (non-hydrogen) atoms. The Kier molecular flexibility index (Phi) is 5.34. The first-order valence-corrected chi connectivity index (χ1v) is 10.3. The van der Waals surface area contributed by atoms with Gasteiger partial charge in [-0.15, -0.1) is 0 Å². The van der Waals surface area contributed by atoms with Gasteiger partial charge in [0.05, 0.1) is 17.0 Å². The average Bonchev–Trinajstić information content (AvgIpc) is 2.97. The van der Waals surface area contributed by atoms with E-state index in [4.69, 9.17) is 5.41 Å². The van der Waals surface area contributed by atoms with Gasteiger partial charge in [0.25, 0.3) is 0 Å². The maximum atomic E-state index is 12.8. The summed E-state index contributed by atoms with van der Waals surface area (Å²) in [5.41, 5.74) is 1.78. The fraction of sp³-hybridized carbons (Fsp3) is 0.250. The van der Waals surface area contributed by atoms with Gasteiger partial charge < -0.3 is 10.0 Å². The molecule has 0 saturated carbocycles. The predicted octanol–water partition coefficient (Wildman–Crippen LogP) is 3.48. The largest absolute Gasteiger partial charge is 0.510 e. The summed E-state index contributed by atoms with van der Waals surface area (Å²) in [5, 5.41) is 18.9. The highest BCUT2D eigenvalue weighted by atomic mass is 32.2. The lowest BCUT2D eigenvalue weighted by atomic mass is 10.1. The van der Waals surface area contributed by atoms with Crippen LogP contribution in [0.25, 0.3) is 5.57 Å². The summed E-state index contributed by atoms with van der Waals surface area (Å²) in [6, 6.07) is 15.8. The third kappa shape index (κ3) is 3.48. The highest BCUT2D eigenvalue weighted by Gasteiger charge is 2.30. The fourth-order valence-corrected chi connectivity index (χ4v) is 4.73. The molecule has 0 aliphatic carbocycles. The number of sulfonamides is 1. The molecule has 2 aromatic carbocycles. The van der Waals surface area contributed by atoms with Gasteiger partial charge in [-0.1, -0.05) is 50.2 Å². The molecule has 0 fully saturated rings. The van der Waals surface area contributed by atoms with Gasteiger partial charge in [-0.2, -0.15) is 4.31 Å². The van der Waals surface area contributed by atoms with Crippen LogP contribution < -0.4 is 4.90 Å². The Labute approximate surface area is 159 Å². The molecule has 2 aromatic rings. The first-order valence-electron chi connectivity index (χ1n) is 8.84. The van der Waals surface area contributed by atoms with Crippen molar-refractivity contribution >= 4 is 27.1 Å². The van der Waals surface area contributed by atoms with Gasteiger partial charge in [-0.05, 0) is 23.8 Å². The lowest BCUT2D eigenvalue weighted by Crippen LogP contribution is -2.31. The van der Waals surface area contributed by atoms with E-state index in [1.807, 2.05) is 30.3 Å². The molecular weight excluding hydrogens is 362 g/mol. The van der Waals surface area contributed by atoms with Crippen LogP contribution in [0.15, 0.2) is 65.3 Å². The molecule has 0 amide bonds. The maximum absolute atomic E-state index is 12.8. The van der Waals surface area contributed by atoms with Crippen LogP contribution in [-0.4, -0.2) is 43.3 Å². The molecule has 0 saturated heterocycles. The summed E-state index contributed by atoms with van der Waals surface area (Å²) >= 11 is 0. The standard InChI is InChI=1S/C20H23N3O3S/c1-3-22(4-2)27(25,26)17-12-8-11-16(13-17)23-14-18(24)19(20(23)21)15-9-6-5-7-10-15/h5-13,21,24H,3-4,14H2,1-2H3. The molecule has 1 aliphatic rings. The zero-order valence-electron chi connectivity index (χ0n) is 15.4. The van der Waals surface area contributed by atoms with E-state index in [2.05, 4.69) is 0 Å². The van der Waals surface area contributed by atoms with E-state index in [0.717, 1.165) is 5.56 Å². The summed E-state index contributed by atoms with van der Waals surface area (Å²) in [4.78, 5) is 1.79. The molecule has 1 aliphatic heterocycles. The molecule has 7 heteroatoms. The number of benzene rings is 2. The topological polar surface area (TPSA) is 84.7 Å². The van der Waals surface area contributed by atoms with E-state index in [-0.39, 0.29) is 23.0 Å². The van der Waals surface area contributed by atoms with E-state index in [1.165, 1.54) is 4.31 Å². The van der Waals surface area contributed by atoms with Crippen molar-refractivity contribution in [3.63, 3.8) is 0 Å². The number of nitrogens with zero attached hydrogens (tertiary/aromatic N) is 2. The number of anilines is 1. The van der Waals surface area contributed by atoms with Crippen molar-refractivity contribution in [2.45, 2.75) is 18.7 Å². The lowest BCUT2D eigenvalue weighted by molar-refractivity contribution is 0.411. The second kappa shape index (κ2) is 7.54. The van der Waals surface area contributed by atoms with Crippen LogP contribution in [0.3, 0.4) is 0 Å². The maximum Gasteiger partial charge on any atom is 0.243 e.